The molecule has 0 unspecified atom stereocenters. The van der Waals surface area contributed by atoms with E-state index < -0.39 is 0 Å². The predicted octanol–water partition coefficient (Wildman–Crippen LogP) is 1.80. The Morgan fingerprint density at radius 1 is 1.36 bits per heavy atom. The maximum absolute atomic E-state index is 11.5. The van der Waals surface area contributed by atoms with Crippen LogP contribution in [0.15, 0.2) is 18.2 Å². The zero-order chi connectivity index (χ0) is 9.54. The molecule has 0 aromatic carbocycles. The Balaban J connectivity index is 1.84. The van der Waals surface area contributed by atoms with Gasteiger partial charge >= 0.3 is 0 Å². The van der Waals surface area contributed by atoms with Gasteiger partial charge in [0.1, 0.15) is 5.82 Å². The van der Waals surface area contributed by atoms with Gasteiger partial charge in [-0.15, -0.1) is 0 Å². The molecule has 1 heterocycles. The Bertz CT molecular complexity index is 438. The van der Waals surface area contributed by atoms with Gasteiger partial charge in [0.25, 0.3) is 0 Å². The van der Waals surface area contributed by atoms with E-state index in [-0.39, 0.29) is 11.8 Å². The maximum atomic E-state index is 11.5. The Morgan fingerprint density at radius 2 is 2.21 bits per heavy atom. The van der Waals surface area contributed by atoms with Gasteiger partial charge in [-0.1, -0.05) is 6.07 Å². The average Bonchev–Trinajstić information content (AvgIpc) is 2.81. The molecular weight excluding hydrogens is 178 g/mol. The van der Waals surface area contributed by atoms with Gasteiger partial charge in [-0.05, 0) is 25.0 Å². The summed E-state index contributed by atoms with van der Waals surface area (Å²) in [5.74, 6) is 1.15. The second kappa shape index (κ2) is 2.64. The van der Waals surface area contributed by atoms with Crippen LogP contribution in [0.3, 0.4) is 0 Å². The molecule has 3 aliphatic rings. The number of hydrogen-bond acceptors (Lipinski definition) is 1. The van der Waals surface area contributed by atoms with E-state index >= 15 is 0 Å². The molecule has 1 saturated carbocycles. The van der Waals surface area contributed by atoms with Crippen molar-refractivity contribution in [2.45, 2.75) is 12.8 Å². The summed E-state index contributed by atoms with van der Waals surface area (Å²) in [6.07, 6.45) is 2.06. The summed E-state index contributed by atoms with van der Waals surface area (Å²) in [4.78, 5) is 11.5. The second-order valence-corrected chi connectivity index (χ2v) is 3.74. The SMILES string of the molecule is O=C(Nc1[nH][nH]c2cccc1-2)C1CC1. The van der Waals surface area contributed by atoms with Gasteiger partial charge in [0.05, 0.1) is 5.69 Å². The Morgan fingerprint density at radius 3 is 3.00 bits per heavy atom. The lowest BCUT2D eigenvalue weighted by Gasteiger charge is -2.00. The lowest BCUT2D eigenvalue weighted by Crippen LogP contribution is -2.13. The van der Waals surface area contributed by atoms with E-state index in [1.165, 1.54) is 0 Å². The number of fused-ring (bicyclic) bond motifs is 1. The molecule has 1 fully saturated rings. The number of hydrogen-bond donors (Lipinski definition) is 3. The molecule has 2 aliphatic carbocycles. The van der Waals surface area contributed by atoms with Crippen molar-refractivity contribution in [1.29, 1.82) is 0 Å². The van der Waals surface area contributed by atoms with E-state index in [2.05, 4.69) is 15.5 Å². The van der Waals surface area contributed by atoms with E-state index in [1.54, 1.807) is 0 Å². The fraction of sp³-hybridized carbons (Fsp3) is 0.300. The number of H-pyrrole nitrogens is 2. The molecule has 0 spiro atoms. The molecule has 3 N–H and O–H groups in total. The molecular formula is C10H11N3O. The molecule has 14 heavy (non-hydrogen) atoms. The van der Waals surface area contributed by atoms with Crippen molar-refractivity contribution in [2.75, 3.05) is 5.32 Å². The third-order valence-corrected chi connectivity index (χ3v) is 2.60. The summed E-state index contributed by atoms with van der Waals surface area (Å²) in [5.41, 5.74) is 2.06. The van der Waals surface area contributed by atoms with Crippen molar-refractivity contribution >= 4 is 11.7 Å². The minimum atomic E-state index is 0.128. The molecule has 0 aromatic rings. The smallest absolute Gasteiger partial charge is 0.228 e. The average molecular weight is 189 g/mol. The van der Waals surface area contributed by atoms with Gasteiger partial charge in [-0.3, -0.25) is 15.0 Å². The van der Waals surface area contributed by atoms with Crippen LogP contribution in [0.2, 0.25) is 0 Å². The molecule has 4 heteroatoms. The summed E-state index contributed by atoms with van der Waals surface area (Å²) in [5, 5.41) is 8.83. The monoisotopic (exact) mass is 189 g/mol. The van der Waals surface area contributed by atoms with Crippen LogP contribution >= 0.6 is 0 Å². The number of aromatic nitrogens is 2. The first-order chi connectivity index (χ1) is 6.84. The van der Waals surface area contributed by atoms with E-state index in [1.807, 2.05) is 18.2 Å². The number of aromatic amines is 2. The molecule has 4 nitrogen and oxygen atoms in total. The molecule has 1 aliphatic heterocycles. The molecule has 3 rings (SSSR count). The van der Waals surface area contributed by atoms with Gasteiger partial charge in [0.15, 0.2) is 0 Å². The highest BCUT2D eigenvalue weighted by atomic mass is 16.2. The fourth-order valence-electron chi connectivity index (χ4n) is 1.61. The minimum absolute atomic E-state index is 0.128. The number of rotatable bonds is 2. The number of carbonyl (C=O) groups is 1. The normalized spacial score (nSPS) is 16.0. The van der Waals surface area contributed by atoms with Crippen molar-refractivity contribution in [3.05, 3.63) is 18.2 Å². The van der Waals surface area contributed by atoms with E-state index in [0.29, 0.717) is 0 Å². The number of amides is 1. The predicted molar refractivity (Wildman–Crippen MR) is 53.1 cm³/mol. The van der Waals surface area contributed by atoms with Crippen LogP contribution in [0, 0.1) is 5.92 Å². The molecule has 72 valence electrons. The Kier molecular flexibility index (Phi) is 1.45. The van der Waals surface area contributed by atoms with Gasteiger partial charge < -0.3 is 5.32 Å². The van der Waals surface area contributed by atoms with Gasteiger partial charge in [-0.2, -0.15) is 0 Å². The number of anilines is 1. The summed E-state index contributed by atoms with van der Waals surface area (Å²) < 4.78 is 0. The van der Waals surface area contributed by atoms with Crippen LogP contribution in [0.5, 0.6) is 0 Å². The summed E-state index contributed by atoms with van der Waals surface area (Å²) >= 11 is 0. The summed E-state index contributed by atoms with van der Waals surface area (Å²) in [7, 11) is 0. The highest BCUT2D eigenvalue weighted by Gasteiger charge is 2.30. The molecule has 0 bridgehead atoms. The molecule has 0 atom stereocenters. The van der Waals surface area contributed by atoms with Crippen molar-refractivity contribution in [1.82, 2.24) is 10.2 Å². The van der Waals surface area contributed by atoms with Crippen molar-refractivity contribution < 1.29 is 4.79 Å². The maximum Gasteiger partial charge on any atom is 0.228 e. The van der Waals surface area contributed by atoms with Crippen molar-refractivity contribution in [3.63, 3.8) is 0 Å². The van der Waals surface area contributed by atoms with Crippen LogP contribution in [0.1, 0.15) is 12.8 Å². The van der Waals surface area contributed by atoms with E-state index in [0.717, 1.165) is 29.9 Å². The van der Waals surface area contributed by atoms with Crippen molar-refractivity contribution in [2.24, 2.45) is 5.92 Å². The highest BCUT2D eigenvalue weighted by molar-refractivity contribution is 5.96. The number of carbonyl (C=O) groups excluding carboxylic acids is 1. The first-order valence-electron chi connectivity index (χ1n) is 4.80. The Hall–Kier alpha value is -1.71. The van der Waals surface area contributed by atoms with Gasteiger partial charge in [0, 0.05) is 11.5 Å². The molecule has 0 aromatic heterocycles. The number of nitrogens with one attached hydrogen (secondary N) is 3. The van der Waals surface area contributed by atoms with E-state index in [9.17, 15) is 4.79 Å². The molecule has 1 amide bonds. The molecule has 0 radical (unpaired) electrons. The largest absolute Gasteiger partial charge is 0.310 e. The zero-order valence-electron chi connectivity index (χ0n) is 7.63. The molecule has 0 saturated heterocycles. The topological polar surface area (TPSA) is 60.7 Å². The van der Waals surface area contributed by atoms with Crippen LogP contribution in [-0.4, -0.2) is 16.1 Å². The first kappa shape index (κ1) is 7.67. The summed E-state index contributed by atoms with van der Waals surface area (Å²) in [6, 6.07) is 5.91. The van der Waals surface area contributed by atoms with Gasteiger partial charge in [0.2, 0.25) is 5.91 Å². The first-order valence-corrected chi connectivity index (χ1v) is 4.80. The van der Waals surface area contributed by atoms with Crippen molar-refractivity contribution in [3.8, 4) is 11.3 Å². The summed E-state index contributed by atoms with van der Waals surface area (Å²) in [6.45, 7) is 0. The third kappa shape index (κ3) is 1.11. The lowest BCUT2D eigenvalue weighted by atomic mass is 10.3. The van der Waals surface area contributed by atoms with E-state index in [4.69, 9.17) is 0 Å². The van der Waals surface area contributed by atoms with Crippen LogP contribution < -0.4 is 5.32 Å². The van der Waals surface area contributed by atoms with Crippen LogP contribution in [-0.2, 0) is 4.79 Å². The third-order valence-electron chi connectivity index (χ3n) is 2.60. The lowest BCUT2D eigenvalue weighted by molar-refractivity contribution is -0.117. The Labute approximate surface area is 81.0 Å². The van der Waals surface area contributed by atoms with Crippen LogP contribution in [0.25, 0.3) is 11.3 Å². The highest BCUT2D eigenvalue weighted by Crippen LogP contribution is 2.32. The van der Waals surface area contributed by atoms with Crippen LogP contribution in [0.4, 0.5) is 5.82 Å². The second-order valence-electron chi connectivity index (χ2n) is 3.74. The van der Waals surface area contributed by atoms with Gasteiger partial charge in [-0.25, -0.2) is 0 Å². The fourth-order valence-corrected chi connectivity index (χ4v) is 1.61. The quantitative estimate of drug-likeness (QED) is 0.662. The standard InChI is InChI=1S/C10H11N3O/c14-10(6-4-5-6)11-9-7-2-1-3-8(7)12-13-9/h1-3,6,12-13H,4-5H2,(H,11,14). The zero-order valence-corrected chi connectivity index (χ0v) is 7.63. The minimum Gasteiger partial charge on any atom is -0.310 e.